The number of piperidine rings is 1. The monoisotopic (exact) mass is 336 g/mol. The Hall–Kier alpha value is -2.47. The zero-order chi connectivity index (χ0) is 16.1. The van der Waals surface area contributed by atoms with Crippen LogP contribution in [0, 0.1) is 0 Å². The molecular formula is C18H16N4OS. The Balaban J connectivity index is 1.92. The second-order valence-electron chi connectivity index (χ2n) is 6.21. The maximum absolute atomic E-state index is 12.9. The normalized spacial score (nSPS) is 15.6. The van der Waals surface area contributed by atoms with E-state index in [0.717, 1.165) is 34.5 Å². The van der Waals surface area contributed by atoms with E-state index in [0.29, 0.717) is 11.0 Å². The smallest absolute Gasteiger partial charge is 0.283 e. The van der Waals surface area contributed by atoms with Crippen LogP contribution in [0.3, 0.4) is 0 Å². The van der Waals surface area contributed by atoms with Gasteiger partial charge < -0.3 is 4.90 Å². The second kappa shape index (κ2) is 5.27. The Morgan fingerprint density at radius 1 is 0.958 bits per heavy atom. The van der Waals surface area contributed by atoms with Gasteiger partial charge in [-0.25, -0.2) is 4.98 Å². The number of rotatable bonds is 1. The number of aromatic nitrogens is 3. The van der Waals surface area contributed by atoms with Gasteiger partial charge in [-0.15, -0.1) is 16.4 Å². The van der Waals surface area contributed by atoms with Gasteiger partial charge in [0.05, 0.1) is 5.39 Å². The third-order valence-corrected chi connectivity index (χ3v) is 5.54. The molecule has 0 amide bonds. The van der Waals surface area contributed by atoms with Crippen molar-refractivity contribution in [2.75, 3.05) is 18.0 Å². The highest BCUT2D eigenvalue weighted by Crippen LogP contribution is 2.29. The SMILES string of the molecule is O=c1c2ccsc2nc2c3ccccc3c(N3CCCCC3)nn12. The average molecular weight is 336 g/mol. The summed E-state index contributed by atoms with van der Waals surface area (Å²) in [6, 6.07) is 9.96. The summed E-state index contributed by atoms with van der Waals surface area (Å²) in [6.07, 6.45) is 3.61. The van der Waals surface area contributed by atoms with Crippen molar-refractivity contribution in [1.82, 2.24) is 14.6 Å². The number of nitrogens with zero attached hydrogens (tertiary/aromatic N) is 4. The molecule has 0 N–H and O–H groups in total. The van der Waals surface area contributed by atoms with E-state index < -0.39 is 0 Å². The molecular weight excluding hydrogens is 320 g/mol. The van der Waals surface area contributed by atoms with Gasteiger partial charge in [0.15, 0.2) is 11.5 Å². The number of fused-ring (bicyclic) bond motifs is 4. The summed E-state index contributed by atoms with van der Waals surface area (Å²) >= 11 is 1.49. The molecule has 0 spiro atoms. The van der Waals surface area contributed by atoms with Crippen LogP contribution in [-0.2, 0) is 0 Å². The quantitative estimate of drug-likeness (QED) is 0.500. The van der Waals surface area contributed by atoms with Crippen molar-refractivity contribution in [3.63, 3.8) is 0 Å². The first-order valence-corrected chi connectivity index (χ1v) is 9.15. The summed E-state index contributed by atoms with van der Waals surface area (Å²) < 4.78 is 1.49. The molecule has 6 heteroatoms. The van der Waals surface area contributed by atoms with Crippen LogP contribution in [0.1, 0.15) is 19.3 Å². The van der Waals surface area contributed by atoms with Crippen LogP contribution in [0.2, 0.25) is 0 Å². The van der Waals surface area contributed by atoms with Crippen LogP contribution in [0.15, 0.2) is 40.5 Å². The number of thiophene rings is 1. The minimum atomic E-state index is -0.0831. The lowest BCUT2D eigenvalue weighted by atomic mass is 10.1. The van der Waals surface area contributed by atoms with E-state index in [2.05, 4.69) is 11.0 Å². The van der Waals surface area contributed by atoms with Gasteiger partial charge in [0.2, 0.25) is 0 Å². The number of benzene rings is 1. The van der Waals surface area contributed by atoms with Crippen molar-refractivity contribution in [3.8, 4) is 0 Å². The van der Waals surface area contributed by atoms with Gasteiger partial charge in [0.25, 0.3) is 5.56 Å². The van der Waals surface area contributed by atoms with Crippen molar-refractivity contribution < 1.29 is 0 Å². The van der Waals surface area contributed by atoms with Crippen LogP contribution in [0.5, 0.6) is 0 Å². The van der Waals surface area contributed by atoms with E-state index in [1.807, 2.05) is 29.6 Å². The summed E-state index contributed by atoms with van der Waals surface area (Å²) in [6.45, 7) is 1.98. The molecule has 1 aliphatic heterocycles. The van der Waals surface area contributed by atoms with Crippen LogP contribution in [-0.4, -0.2) is 27.7 Å². The molecule has 1 fully saturated rings. The van der Waals surface area contributed by atoms with Gasteiger partial charge in [-0.2, -0.15) is 4.52 Å². The fourth-order valence-electron chi connectivity index (χ4n) is 3.53. The molecule has 0 saturated carbocycles. The van der Waals surface area contributed by atoms with Crippen molar-refractivity contribution >= 4 is 43.8 Å². The van der Waals surface area contributed by atoms with E-state index >= 15 is 0 Å². The van der Waals surface area contributed by atoms with E-state index in [1.165, 1.54) is 35.1 Å². The molecule has 0 atom stereocenters. The Kier molecular flexibility index (Phi) is 3.06. The zero-order valence-corrected chi connectivity index (χ0v) is 13.9. The predicted octanol–water partition coefficient (Wildman–Crippen LogP) is 3.45. The molecule has 1 aromatic carbocycles. The van der Waals surface area contributed by atoms with E-state index in [-0.39, 0.29) is 5.56 Å². The molecule has 1 aliphatic rings. The Labute approximate surface area is 142 Å². The maximum Gasteiger partial charge on any atom is 0.283 e. The van der Waals surface area contributed by atoms with Gasteiger partial charge in [0.1, 0.15) is 4.83 Å². The van der Waals surface area contributed by atoms with E-state index in [4.69, 9.17) is 10.1 Å². The minimum absolute atomic E-state index is 0.0831. The van der Waals surface area contributed by atoms with Crippen LogP contribution in [0.4, 0.5) is 5.82 Å². The minimum Gasteiger partial charge on any atom is -0.355 e. The third-order valence-electron chi connectivity index (χ3n) is 4.73. The summed E-state index contributed by atoms with van der Waals surface area (Å²) in [4.78, 5) is 20.7. The van der Waals surface area contributed by atoms with Crippen LogP contribution in [0.25, 0.3) is 26.6 Å². The molecule has 24 heavy (non-hydrogen) atoms. The van der Waals surface area contributed by atoms with Gasteiger partial charge in [-0.1, -0.05) is 24.3 Å². The Bertz CT molecular complexity index is 1120. The first-order valence-electron chi connectivity index (χ1n) is 8.27. The summed E-state index contributed by atoms with van der Waals surface area (Å²) in [7, 11) is 0. The van der Waals surface area contributed by atoms with Gasteiger partial charge in [-0.05, 0) is 30.7 Å². The largest absolute Gasteiger partial charge is 0.355 e. The molecule has 4 aromatic rings. The van der Waals surface area contributed by atoms with Gasteiger partial charge >= 0.3 is 0 Å². The molecule has 5 nitrogen and oxygen atoms in total. The molecule has 120 valence electrons. The summed E-state index contributed by atoms with van der Waals surface area (Å²) in [5, 5.41) is 9.34. The van der Waals surface area contributed by atoms with Gasteiger partial charge in [0, 0.05) is 23.9 Å². The highest BCUT2D eigenvalue weighted by molar-refractivity contribution is 7.16. The number of hydrogen-bond acceptors (Lipinski definition) is 5. The highest BCUT2D eigenvalue weighted by atomic mass is 32.1. The molecule has 0 aliphatic carbocycles. The van der Waals surface area contributed by atoms with Crippen LogP contribution < -0.4 is 10.5 Å². The predicted molar refractivity (Wildman–Crippen MR) is 98.2 cm³/mol. The molecule has 0 unspecified atom stereocenters. The summed E-state index contributed by atoms with van der Waals surface area (Å²) in [5.41, 5.74) is 0.562. The lowest BCUT2D eigenvalue weighted by Crippen LogP contribution is -2.32. The first-order chi connectivity index (χ1) is 11.8. The van der Waals surface area contributed by atoms with Gasteiger partial charge in [-0.3, -0.25) is 4.79 Å². The highest BCUT2D eigenvalue weighted by Gasteiger charge is 2.19. The summed E-state index contributed by atoms with van der Waals surface area (Å²) in [5.74, 6) is 0.899. The van der Waals surface area contributed by atoms with Crippen molar-refractivity contribution in [2.24, 2.45) is 0 Å². The van der Waals surface area contributed by atoms with E-state index in [1.54, 1.807) is 0 Å². The topological polar surface area (TPSA) is 50.5 Å². The lowest BCUT2D eigenvalue weighted by Gasteiger charge is -2.28. The molecule has 3 aromatic heterocycles. The standard InChI is InChI=1S/C18H16N4OS/c23-18-14-8-11-24-17(14)19-15-12-6-2-3-7-13(12)16(20-22(15)18)21-9-4-1-5-10-21/h2-3,6-8,11H,1,4-5,9-10H2. The number of hydrogen-bond donors (Lipinski definition) is 0. The number of anilines is 1. The molecule has 0 bridgehead atoms. The van der Waals surface area contributed by atoms with Crippen molar-refractivity contribution in [2.45, 2.75) is 19.3 Å². The maximum atomic E-state index is 12.9. The van der Waals surface area contributed by atoms with Crippen LogP contribution >= 0.6 is 11.3 Å². The Morgan fingerprint density at radius 2 is 1.75 bits per heavy atom. The average Bonchev–Trinajstić information content (AvgIpc) is 3.11. The molecule has 1 saturated heterocycles. The van der Waals surface area contributed by atoms with Crippen molar-refractivity contribution in [1.29, 1.82) is 0 Å². The molecule has 0 radical (unpaired) electrons. The first kappa shape index (κ1) is 13.9. The second-order valence-corrected chi connectivity index (χ2v) is 7.10. The lowest BCUT2D eigenvalue weighted by molar-refractivity contribution is 0.571. The Morgan fingerprint density at radius 3 is 2.58 bits per heavy atom. The third kappa shape index (κ3) is 1.96. The molecule has 5 rings (SSSR count). The zero-order valence-electron chi connectivity index (χ0n) is 13.1. The molecule has 4 heterocycles. The fraction of sp³-hybridized carbons (Fsp3) is 0.278. The van der Waals surface area contributed by atoms with E-state index in [9.17, 15) is 4.79 Å². The fourth-order valence-corrected chi connectivity index (χ4v) is 4.29. The van der Waals surface area contributed by atoms with Crippen molar-refractivity contribution in [3.05, 3.63) is 46.1 Å².